The lowest BCUT2D eigenvalue weighted by Gasteiger charge is -2.40. The predicted octanol–water partition coefficient (Wildman–Crippen LogP) is 3.39. The van der Waals surface area contributed by atoms with E-state index in [1.165, 1.54) is 0 Å². The van der Waals surface area contributed by atoms with Crippen molar-refractivity contribution in [1.82, 2.24) is 10.2 Å². The summed E-state index contributed by atoms with van der Waals surface area (Å²) in [6.45, 7) is -0.406. The highest BCUT2D eigenvalue weighted by atomic mass is 19.4. The first kappa shape index (κ1) is 22.6. The Morgan fingerprint density at radius 3 is 2.09 bits per heavy atom. The van der Waals surface area contributed by atoms with Crippen LogP contribution in [0, 0.1) is 5.92 Å². The molecule has 0 saturated carbocycles. The first-order valence-electron chi connectivity index (χ1n) is 10.3. The molecule has 2 N–H and O–H groups in total. The fraction of sp³-hybridized carbons (Fsp3) is 0.348. The van der Waals surface area contributed by atoms with Gasteiger partial charge in [-0.1, -0.05) is 48.5 Å². The minimum absolute atomic E-state index is 0.107. The molecule has 174 valence electrons. The summed E-state index contributed by atoms with van der Waals surface area (Å²) in [6, 6.07) is 12.3. The Kier molecular flexibility index (Phi) is 6.01. The second-order valence-corrected chi connectivity index (χ2v) is 8.15. The molecule has 1 fully saturated rings. The van der Waals surface area contributed by atoms with Crippen molar-refractivity contribution in [3.63, 3.8) is 0 Å². The van der Waals surface area contributed by atoms with Gasteiger partial charge in [0.15, 0.2) is 0 Å². The molecule has 0 bridgehead atoms. The molecule has 0 spiro atoms. The molecule has 10 heteroatoms. The number of carboxylic acid groups (broad SMARTS) is 1. The van der Waals surface area contributed by atoms with Crippen LogP contribution in [-0.2, 0) is 14.3 Å². The second-order valence-electron chi connectivity index (χ2n) is 8.15. The number of hydrogen-bond acceptors (Lipinski definition) is 4. The fourth-order valence-electron chi connectivity index (χ4n) is 4.35. The molecule has 33 heavy (non-hydrogen) atoms. The van der Waals surface area contributed by atoms with Gasteiger partial charge in [-0.25, -0.2) is 4.79 Å². The largest absolute Gasteiger partial charge is 0.481 e. The summed E-state index contributed by atoms with van der Waals surface area (Å²) >= 11 is 0. The van der Waals surface area contributed by atoms with Crippen LogP contribution in [-0.4, -0.2) is 59.9 Å². The third kappa shape index (κ3) is 4.64. The standard InChI is InChI=1S/C23H21F3N2O5/c24-23(25,26)20(21(31)28-10-13(11-28)9-19(29)30)27-22(32)33-12-18-16-7-3-1-5-14(16)15-6-2-4-8-17(15)18/h1-8,13,18,20H,9-12H2,(H,27,32)(H,29,30). The number of aliphatic carboxylic acids is 1. The third-order valence-corrected chi connectivity index (χ3v) is 5.91. The Labute approximate surface area is 187 Å². The molecule has 0 aromatic heterocycles. The minimum Gasteiger partial charge on any atom is -0.481 e. The van der Waals surface area contributed by atoms with Gasteiger partial charge in [-0.15, -0.1) is 0 Å². The molecule has 1 aliphatic carbocycles. The Morgan fingerprint density at radius 2 is 1.58 bits per heavy atom. The van der Waals surface area contributed by atoms with Crippen molar-refractivity contribution >= 4 is 18.0 Å². The second kappa shape index (κ2) is 8.76. The average molecular weight is 462 g/mol. The summed E-state index contributed by atoms with van der Waals surface area (Å²) in [6.07, 6.45) is -6.61. The SMILES string of the molecule is O=C(O)CC1CN(C(=O)C(NC(=O)OCC2c3ccccc3-c3ccccc32)C(F)(F)F)C1. The molecule has 1 aliphatic heterocycles. The van der Waals surface area contributed by atoms with Gasteiger partial charge in [0.05, 0.1) is 6.42 Å². The first-order chi connectivity index (χ1) is 15.6. The van der Waals surface area contributed by atoms with E-state index in [9.17, 15) is 27.6 Å². The number of ether oxygens (including phenoxy) is 1. The Hall–Kier alpha value is -3.56. The molecule has 2 aliphatic rings. The van der Waals surface area contributed by atoms with E-state index >= 15 is 0 Å². The molecule has 1 unspecified atom stereocenters. The Bertz CT molecular complexity index is 1040. The molecule has 2 aromatic carbocycles. The zero-order valence-corrected chi connectivity index (χ0v) is 17.3. The number of benzene rings is 2. The number of amides is 2. The van der Waals surface area contributed by atoms with Crippen LogP contribution < -0.4 is 5.32 Å². The number of fused-ring (bicyclic) bond motifs is 3. The number of hydrogen-bond donors (Lipinski definition) is 2. The minimum atomic E-state index is -5.03. The number of alkyl halides is 3. The maximum atomic E-state index is 13.5. The number of carboxylic acids is 1. The van der Waals surface area contributed by atoms with Crippen LogP contribution in [0.15, 0.2) is 48.5 Å². The van der Waals surface area contributed by atoms with Crippen molar-refractivity contribution < 1.29 is 37.4 Å². The van der Waals surface area contributed by atoms with Crippen LogP contribution in [0.3, 0.4) is 0 Å². The van der Waals surface area contributed by atoms with Crippen LogP contribution in [0.25, 0.3) is 11.1 Å². The first-order valence-corrected chi connectivity index (χ1v) is 10.3. The molecule has 7 nitrogen and oxygen atoms in total. The van der Waals surface area contributed by atoms with Crippen LogP contribution in [0.2, 0.25) is 0 Å². The lowest BCUT2D eigenvalue weighted by molar-refractivity contribution is -0.179. The maximum Gasteiger partial charge on any atom is 0.417 e. The summed E-state index contributed by atoms with van der Waals surface area (Å²) in [4.78, 5) is 36.1. The molecular weight excluding hydrogens is 441 g/mol. The molecule has 1 saturated heterocycles. The van der Waals surface area contributed by atoms with E-state index in [0.717, 1.165) is 27.2 Å². The van der Waals surface area contributed by atoms with Gasteiger partial charge in [0.2, 0.25) is 6.04 Å². The van der Waals surface area contributed by atoms with Gasteiger partial charge in [-0.3, -0.25) is 9.59 Å². The van der Waals surface area contributed by atoms with Crippen LogP contribution in [0.4, 0.5) is 18.0 Å². The number of carbonyl (C=O) groups excluding carboxylic acids is 2. The van der Waals surface area contributed by atoms with E-state index in [0.29, 0.717) is 0 Å². The number of nitrogens with zero attached hydrogens (tertiary/aromatic N) is 1. The number of likely N-dealkylation sites (tertiary alicyclic amines) is 1. The maximum absolute atomic E-state index is 13.5. The van der Waals surface area contributed by atoms with Crippen molar-refractivity contribution in [1.29, 1.82) is 0 Å². The van der Waals surface area contributed by atoms with Crippen molar-refractivity contribution in [2.24, 2.45) is 5.92 Å². The van der Waals surface area contributed by atoms with Crippen molar-refractivity contribution in [3.8, 4) is 11.1 Å². The zero-order chi connectivity index (χ0) is 23.8. The van der Waals surface area contributed by atoms with E-state index in [2.05, 4.69) is 0 Å². The summed E-state index contributed by atoms with van der Waals surface area (Å²) in [7, 11) is 0. The van der Waals surface area contributed by atoms with Gasteiger partial charge in [0.1, 0.15) is 6.61 Å². The molecule has 2 amide bonds. The topological polar surface area (TPSA) is 95.9 Å². The molecule has 0 radical (unpaired) electrons. The molecule has 4 rings (SSSR count). The van der Waals surface area contributed by atoms with E-state index in [4.69, 9.17) is 9.84 Å². The monoisotopic (exact) mass is 462 g/mol. The number of nitrogens with one attached hydrogen (secondary N) is 1. The van der Waals surface area contributed by atoms with E-state index in [-0.39, 0.29) is 32.0 Å². The van der Waals surface area contributed by atoms with E-state index in [1.54, 1.807) is 5.32 Å². The van der Waals surface area contributed by atoms with Crippen molar-refractivity contribution in [2.45, 2.75) is 24.6 Å². The van der Waals surface area contributed by atoms with Crippen LogP contribution >= 0.6 is 0 Å². The Balaban J connectivity index is 1.40. The fourth-order valence-corrected chi connectivity index (χ4v) is 4.35. The number of carbonyl (C=O) groups is 3. The normalized spacial score (nSPS) is 16.4. The number of rotatable bonds is 6. The smallest absolute Gasteiger partial charge is 0.417 e. The van der Waals surface area contributed by atoms with Gasteiger partial charge >= 0.3 is 18.2 Å². The number of halogens is 3. The highest BCUT2D eigenvalue weighted by Gasteiger charge is 2.50. The highest BCUT2D eigenvalue weighted by Crippen LogP contribution is 2.44. The summed E-state index contributed by atoms with van der Waals surface area (Å²) in [5.41, 5.74) is 3.75. The number of alkyl carbamates (subject to hydrolysis) is 1. The predicted molar refractivity (Wildman–Crippen MR) is 110 cm³/mol. The molecule has 1 heterocycles. The third-order valence-electron chi connectivity index (χ3n) is 5.91. The van der Waals surface area contributed by atoms with Crippen LogP contribution in [0.1, 0.15) is 23.5 Å². The average Bonchev–Trinajstić information content (AvgIpc) is 3.05. The zero-order valence-electron chi connectivity index (χ0n) is 17.3. The summed E-state index contributed by atoms with van der Waals surface area (Å²) in [5, 5.41) is 10.4. The van der Waals surface area contributed by atoms with Gasteiger partial charge in [0, 0.05) is 24.9 Å². The lowest BCUT2D eigenvalue weighted by Crippen LogP contribution is -2.61. The molecular formula is C23H21F3N2O5. The van der Waals surface area contributed by atoms with Gasteiger partial charge in [0.25, 0.3) is 5.91 Å². The van der Waals surface area contributed by atoms with E-state index < -0.39 is 36.1 Å². The van der Waals surface area contributed by atoms with Gasteiger partial charge in [-0.2, -0.15) is 13.2 Å². The summed E-state index contributed by atoms with van der Waals surface area (Å²) in [5.74, 6) is -3.17. The molecule has 2 aromatic rings. The summed E-state index contributed by atoms with van der Waals surface area (Å²) < 4.78 is 45.6. The van der Waals surface area contributed by atoms with Crippen molar-refractivity contribution in [2.75, 3.05) is 19.7 Å². The van der Waals surface area contributed by atoms with Gasteiger partial charge in [-0.05, 0) is 22.3 Å². The lowest BCUT2D eigenvalue weighted by atomic mass is 9.95. The Morgan fingerprint density at radius 1 is 1.03 bits per heavy atom. The van der Waals surface area contributed by atoms with Crippen molar-refractivity contribution in [3.05, 3.63) is 59.7 Å². The van der Waals surface area contributed by atoms with E-state index in [1.807, 2.05) is 48.5 Å². The molecule has 1 atom stereocenters. The van der Waals surface area contributed by atoms with Crippen LogP contribution in [0.5, 0.6) is 0 Å². The highest BCUT2D eigenvalue weighted by molar-refractivity contribution is 5.87. The van der Waals surface area contributed by atoms with Gasteiger partial charge < -0.3 is 20.1 Å². The quantitative estimate of drug-likeness (QED) is 0.686.